The minimum Gasteiger partial charge on any atom is -0.467 e. The molecule has 2 heterocycles. The van der Waals surface area contributed by atoms with Crippen LogP contribution in [0.25, 0.3) is 10.2 Å². The van der Waals surface area contributed by atoms with Crippen LogP contribution in [0, 0.1) is 17.4 Å². The van der Waals surface area contributed by atoms with Gasteiger partial charge < -0.3 is 4.42 Å². The van der Waals surface area contributed by atoms with Crippen LogP contribution in [0.5, 0.6) is 0 Å². The van der Waals surface area contributed by atoms with Crippen LogP contribution < -0.4 is 4.90 Å². The van der Waals surface area contributed by atoms with Crippen molar-refractivity contribution in [2.45, 2.75) is 20.4 Å². The van der Waals surface area contributed by atoms with Crippen LogP contribution in [0.1, 0.15) is 27.2 Å². The first kappa shape index (κ1) is 18.2. The highest BCUT2D eigenvalue weighted by molar-refractivity contribution is 14.1. The maximum absolute atomic E-state index is 13.4. The molecule has 0 aliphatic rings. The van der Waals surface area contributed by atoms with Crippen LogP contribution in [0.4, 0.5) is 5.13 Å². The largest absolute Gasteiger partial charge is 0.467 e. The Morgan fingerprint density at radius 1 is 1.11 bits per heavy atom. The van der Waals surface area contributed by atoms with Crippen molar-refractivity contribution in [2.75, 3.05) is 4.90 Å². The molecular weight excluding hydrogens is 471 g/mol. The number of hydrogen-bond acceptors (Lipinski definition) is 4. The molecule has 0 radical (unpaired) electrons. The van der Waals surface area contributed by atoms with E-state index in [1.165, 1.54) is 5.56 Å². The van der Waals surface area contributed by atoms with Crippen LogP contribution in [0.3, 0.4) is 0 Å². The van der Waals surface area contributed by atoms with E-state index in [1.54, 1.807) is 22.5 Å². The number of fused-ring (bicyclic) bond motifs is 1. The Balaban J connectivity index is 1.83. The van der Waals surface area contributed by atoms with Crippen molar-refractivity contribution < 1.29 is 9.21 Å². The lowest BCUT2D eigenvalue weighted by atomic mass is 10.1. The summed E-state index contributed by atoms with van der Waals surface area (Å²) in [6.07, 6.45) is 1.62. The minimum absolute atomic E-state index is 0.0780. The fraction of sp³-hybridized carbons (Fsp3) is 0.143. The van der Waals surface area contributed by atoms with E-state index in [0.29, 0.717) is 17.2 Å². The van der Waals surface area contributed by atoms with Gasteiger partial charge in [0.15, 0.2) is 5.13 Å². The molecule has 0 saturated carbocycles. The summed E-state index contributed by atoms with van der Waals surface area (Å²) in [5, 5.41) is 0.684. The Morgan fingerprint density at radius 3 is 2.59 bits per heavy atom. The van der Waals surface area contributed by atoms with Gasteiger partial charge in [-0.3, -0.25) is 9.69 Å². The van der Waals surface area contributed by atoms with Gasteiger partial charge in [-0.05, 0) is 71.8 Å². The van der Waals surface area contributed by atoms with E-state index in [2.05, 4.69) is 41.6 Å². The summed E-state index contributed by atoms with van der Waals surface area (Å²) in [4.78, 5) is 19.9. The molecule has 4 aromatic rings. The van der Waals surface area contributed by atoms with E-state index < -0.39 is 0 Å². The molecule has 0 saturated heterocycles. The van der Waals surface area contributed by atoms with Crippen LogP contribution >= 0.6 is 33.9 Å². The van der Waals surface area contributed by atoms with Crippen LogP contribution in [0.2, 0.25) is 0 Å². The van der Waals surface area contributed by atoms with Gasteiger partial charge in [0.25, 0.3) is 5.91 Å². The summed E-state index contributed by atoms with van der Waals surface area (Å²) in [6.45, 7) is 4.46. The molecule has 4 rings (SSSR count). The molecule has 0 bridgehead atoms. The van der Waals surface area contributed by atoms with Gasteiger partial charge in [0.05, 0.1) is 28.6 Å². The molecule has 0 aliphatic carbocycles. The van der Waals surface area contributed by atoms with E-state index in [9.17, 15) is 4.79 Å². The second-order valence-corrected chi connectivity index (χ2v) is 8.46. The number of aryl methyl sites for hydroxylation is 2. The highest BCUT2D eigenvalue weighted by Crippen LogP contribution is 2.34. The number of carbonyl (C=O) groups is 1. The predicted octanol–water partition coefficient (Wildman–Crippen LogP) is 5.96. The number of anilines is 1. The molecule has 0 atom stereocenters. The lowest BCUT2D eigenvalue weighted by molar-refractivity contribution is 0.0982. The normalized spacial score (nSPS) is 11.1. The van der Waals surface area contributed by atoms with E-state index in [4.69, 9.17) is 9.40 Å². The average molecular weight is 488 g/mol. The number of carbonyl (C=O) groups excluding carboxylic acids is 1. The fourth-order valence-corrected chi connectivity index (χ4v) is 4.66. The smallest absolute Gasteiger partial charge is 0.261 e. The Labute approximate surface area is 175 Å². The van der Waals surface area contributed by atoms with Crippen molar-refractivity contribution in [1.82, 2.24) is 4.98 Å². The molecule has 0 N–H and O–H groups in total. The van der Waals surface area contributed by atoms with Gasteiger partial charge in [-0.25, -0.2) is 4.98 Å². The zero-order chi connectivity index (χ0) is 19.0. The van der Waals surface area contributed by atoms with Crippen molar-refractivity contribution in [3.63, 3.8) is 0 Å². The number of hydrogen-bond donors (Lipinski definition) is 0. The van der Waals surface area contributed by atoms with Crippen LogP contribution in [-0.4, -0.2) is 10.9 Å². The molecule has 6 heteroatoms. The quantitative estimate of drug-likeness (QED) is 0.333. The first-order valence-corrected chi connectivity index (χ1v) is 10.4. The Kier molecular flexibility index (Phi) is 5.01. The van der Waals surface area contributed by atoms with E-state index in [0.717, 1.165) is 25.1 Å². The van der Waals surface area contributed by atoms with Gasteiger partial charge in [-0.2, -0.15) is 0 Å². The van der Waals surface area contributed by atoms with Crippen molar-refractivity contribution in [2.24, 2.45) is 0 Å². The molecule has 2 aromatic carbocycles. The number of thiazole rings is 1. The fourth-order valence-electron chi connectivity index (χ4n) is 2.93. The summed E-state index contributed by atoms with van der Waals surface area (Å²) in [7, 11) is 0. The molecular formula is C21H17IN2O2S. The molecule has 27 heavy (non-hydrogen) atoms. The van der Waals surface area contributed by atoms with Crippen molar-refractivity contribution >= 4 is 55.2 Å². The topological polar surface area (TPSA) is 46.3 Å². The van der Waals surface area contributed by atoms with Gasteiger partial charge in [0.1, 0.15) is 5.76 Å². The average Bonchev–Trinajstić information content (AvgIpc) is 3.33. The Morgan fingerprint density at radius 2 is 1.89 bits per heavy atom. The molecule has 2 aromatic heterocycles. The van der Waals surface area contributed by atoms with E-state index in [-0.39, 0.29) is 5.91 Å². The highest BCUT2D eigenvalue weighted by Gasteiger charge is 2.24. The van der Waals surface area contributed by atoms with Gasteiger partial charge in [0, 0.05) is 3.57 Å². The zero-order valence-electron chi connectivity index (χ0n) is 14.9. The summed E-state index contributed by atoms with van der Waals surface area (Å²) in [5.41, 5.74) is 3.89. The third-order valence-electron chi connectivity index (χ3n) is 4.41. The third-order valence-corrected chi connectivity index (χ3v) is 6.56. The van der Waals surface area contributed by atoms with Crippen LogP contribution in [0.15, 0.2) is 59.2 Å². The SMILES string of the molecule is Cc1ccc(C)c2sc(N(Cc3ccco3)C(=O)c3ccccc3I)nc12. The maximum atomic E-state index is 13.4. The highest BCUT2D eigenvalue weighted by atomic mass is 127. The Bertz CT molecular complexity index is 1080. The number of aromatic nitrogens is 1. The molecule has 4 nitrogen and oxygen atoms in total. The van der Waals surface area contributed by atoms with E-state index in [1.807, 2.05) is 43.3 Å². The maximum Gasteiger partial charge on any atom is 0.261 e. The van der Waals surface area contributed by atoms with Crippen molar-refractivity contribution in [1.29, 1.82) is 0 Å². The number of benzene rings is 2. The lowest BCUT2D eigenvalue weighted by Crippen LogP contribution is -2.30. The number of rotatable bonds is 4. The van der Waals surface area contributed by atoms with E-state index >= 15 is 0 Å². The molecule has 0 unspecified atom stereocenters. The second kappa shape index (κ2) is 7.44. The first-order chi connectivity index (χ1) is 13.0. The molecule has 0 fully saturated rings. The number of halogens is 1. The summed E-state index contributed by atoms with van der Waals surface area (Å²) in [6, 6.07) is 15.5. The molecule has 1 amide bonds. The first-order valence-electron chi connectivity index (χ1n) is 8.50. The van der Waals surface area contributed by atoms with Gasteiger partial charge in [-0.1, -0.05) is 35.6 Å². The third kappa shape index (κ3) is 3.51. The molecule has 0 aliphatic heterocycles. The zero-order valence-corrected chi connectivity index (χ0v) is 17.9. The standard InChI is InChI=1S/C21H17IN2O2S/c1-13-9-10-14(2)19-18(13)23-21(27-19)24(12-15-6-5-11-26-15)20(25)16-7-3-4-8-17(16)22/h3-11H,12H2,1-2H3. The number of nitrogens with zero attached hydrogens (tertiary/aromatic N) is 2. The van der Waals surface area contributed by atoms with Gasteiger partial charge in [0.2, 0.25) is 0 Å². The molecule has 0 spiro atoms. The van der Waals surface area contributed by atoms with Crippen LogP contribution in [-0.2, 0) is 6.54 Å². The lowest BCUT2D eigenvalue weighted by Gasteiger charge is -2.19. The number of furan rings is 1. The monoisotopic (exact) mass is 488 g/mol. The minimum atomic E-state index is -0.0780. The number of amides is 1. The summed E-state index contributed by atoms with van der Waals surface area (Å²) in [5.74, 6) is 0.646. The Hall–Kier alpha value is -2.19. The second-order valence-electron chi connectivity index (χ2n) is 6.32. The summed E-state index contributed by atoms with van der Waals surface area (Å²) < 4.78 is 7.53. The summed E-state index contributed by atoms with van der Waals surface area (Å²) >= 11 is 3.74. The molecule has 136 valence electrons. The predicted molar refractivity (Wildman–Crippen MR) is 117 cm³/mol. The van der Waals surface area contributed by atoms with Gasteiger partial charge in [-0.15, -0.1) is 0 Å². The van der Waals surface area contributed by atoms with Crippen molar-refractivity contribution in [3.8, 4) is 0 Å². The van der Waals surface area contributed by atoms with Crippen molar-refractivity contribution in [3.05, 3.63) is 80.8 Å². The van der Waals surface area contributed by atoms with Gasteiger partial charge >= 0.3 is 0 Å².